The first-order valence-corrected chi connectivity index (χ1v) is 18.5. The maximum absolute atomic E-state index is 5.50. The highest BCUT2D eigenvalue weighted by Gasteiger charge is 2.22. The third-order valence-corrected chi connectivity index (χ3v) is 10.9. The van der Waals surface area contributed by atoms with Gasteiger partial charge < -0.3 is 9.13 Å². The molecule has 0 N–H and O–H groups in total. The van der Waals surface area contributed by atoms with Crippen LogP contribution in [0, 0.1) is 0 Å². The summed E-state index contributed by atoms with van der Waals surface area (Å²) < 4.78 is 4.77. The van der Waals surface area contributed by atoms with E-state index >= 15 is 0 Å². The van der Waals surface area contributed by atoms with Gasteiger partial charge in [0, 0.05) is 67.2 Å². The van der Waals surface area contributed by atoms with Crippen LogP contribution in [0.15, 0.2) is 170 Å². The molecule has 0 saturated carbocycles. The SMILES string of the molecule is C1=c2ccncc2=C(c2nc(-c3cccc4c5ccccc5n(-c5ccccc5)c34)cc(-c3cccc4c5ccccc5n(-c5ccccc5)c34)n2)CC1. The van der Waals surface area contributed by atoms with Crippen LogP contribution in [0.1, 0.15) is 18.7 Å². The van der Waals surface area contributed by atoms with Gasteiger partial charge in [-0.3, -0.25) is 4.98 Å². The standard InChI is InChI=1S/C49H33N5/c1-3-15-33(16-4-1)53-45-26-9-7-19-35(45)37-21-12-24-40(47(37)53)43-30-44(52-49(51-43)39-23-11-14-32-28-29-50-31-42(32)39)41-25-13-22-38-36-20-8-10-27-46(36)54(48(38)41)34-17-5-2-6-18-34/h1-10,12-22,24-31H,11,23H2. The fraction of sp³-hybridized carbons (Fsp3) is 0.0408. The van der Waals surface area contributed by atoms with Gasteiger partial charge in [-0.05, 0) is 66.6 Å². The molecule has 1 aliphatic rings. The highest BCUT2D eigenvalue weighted by Crippen LogP contribution is 2.41. The number of aromatic nitrogens is 5. The van der Waals surface area contributed by atoms with Gasteiger partial charge in [0.25, 0.3) is 0 Å². The zero-order chi connectivity index (χ0) is 35.6. The van der Waals surface area contributed by atoms with Gasteiger partial charge in [-0.15, -0.1) is 0 Å². The molecule has 0 radical (unpaired) electrons. The van der Waals surface area contributed by atoms with Crippen molar-refractivity contribution in [2.24, 2.45) is 0 Å². The first kappa shape index (κ1) is 30.5. The smallest absolute Gasteiger partial charge is 0.157 e. The minimum Gasteiger partial charge on any atom is -0.309 e. The molecule has 5 heteroatoms. The van der Waals surface area contributed by atoms with E-state index in [1.807, 2.05) is 12.4 Å². The van der Waals surface area contributed by atoms with Crippen LogP contribution in [0.25, 0.3) is 89.2 Å². The molecule has 0 spiro atoms. The van der Waals surface area contributed by atoms with Gasteiger partial charge in [0.2, 0.25) is 0 Å². The van der Waals surface area contributed by atoms with E-state index in [0.717, 1.165) is 85.4 Å². The van der Waals surface area contributed by atoms with E-state index in [2.05, 4.69) is 178 Å². The first-order chi connectivity index (χ1) is 26.8. The van der Waals surface area contributed by atoms with Crippen molar-refractivity contribution in [3.8, 4) is 33.9 Å². The number of hydrogen-bond acceptors (Lipinski definition) is 3. The average Bonchev–Trinajstić information content (AvgIpc) is 3.77. The molecule has 4 heterocycles. The fourth-order valence-electron chi connectivity index (χ4n) is 8.57. The van der Waals surface area contributed by atoms with Crippen LogP contribution >= 0.6 is 0 Å². The molecule has 0 fully saturated rings. The molecule has 54 heavy (non-hydrogen) atoms. The van der Waals surface area contributed by atoms with Crippen molar-refractivity contribution in [1.82, 2.24) is 24.1 Å². The number of para-hydroxylation sites is 6. The van der Waals surface area contributed by atoms with E-state index in [1.165, 1.54) is 26.8 Å². The molecule has 0 amide bonds. The summed E-state index contributed by atoms with van der Waals surface area (Å²) in [5.74, 6) is 0.739. The number of benzene rings is 6. The topological polar surface area (TPSA) is 48.5 Å². The number of nitrogens with zero attached hydrogens (tertiary/aromatic N) is 5. The van der Waals surface area contributed by atoms with Gasteiger partial charge >= 0.3 is 0 Å². The zero-order valence-corrected chi connectivity index (χ0v) is 29.4. The lowest BCUT2D eigenvalue weighted by Gasteiger charge is -2.16. The van der Waals surface area contributed by atoms with Crippen molar-refractivity contribution in [2.75, 3.05) is 0 Å². The molecule has 0 bridgehead atoms. The van der Waals surface area contributed by atoms with Gasteiger partial charge in [-0.1, -0.05) is 115 Å². The van der Waals surface area contributed by atoms with Crippen LogP contribution in [0.2, 0.25) is 0 Å². The Balaban J connectivity index is 1.27. The molecule has 0 unspecified atom stereocenters. The van der Waals surface area contributed by atoms with E-state index in [9.17, 15) is 0 Å². The summed E-state index contributed by atoms with van der Waals surface area (Å²) >= 11 is 0. The van der Waals surface area contributed by atoms with Gasteiger partial charge in [0.15, 0.2) is 5.82 Å². The largest absolute Gasteiger partial charge is 0.309 e. The predicted octanol–water partition coefficient (Wildman–Crippen LogP) is 10.2. The van der Waals surface area contributed by atoms with Crippen LogP contribution < -0.4 is 10.4 Å². The quantitative estimate of drug-likeness (QED) is 0.181. The van der Waals surface area contributed by atoms with Crippen molar-refractivity contribution in [3.05, 3.63) is 186 Å². The van der Waals surface area contributed by atoms with Crippen molar-refractivity contribution in [3.63, 3.8) is 0 Å². The van der Waals surface area contributed by atoms with E-state index in [-0.39, 0.29) is 0 Å². The summed E-state index contributed by atoms with van der Waals surface area (Å²) in [5, 5.41) is 7.08. The van der Waals surface area contributed by atoms with Crippen molar-refractivity contribution in [1.29, 1.82) is 0 Å². The minimum atomic E-state index is 0.739. The number of fused-ring (bicyclic) bond motifs is 7. The molecular weight excluding hydrogens is 659 g/mol. The highest BCUT2D eigenvalue weighted by atomic mass is 15.0. The summed E-state index contributed by atoms with van der Waals surface area (Å²) in [5.41, 5.74) is 11.8. The molecule has 6 aromatic carbocycles. The Morgan fingerprint density at radius 1 is 0.481 bits per heavy atom. The van der Waals surface area contributed by atoms with Crippen molar-refractivity contribution in [2.45, 2.75) is 12.8 Å². The summed E-state index contributed by atoms with van der Waals surface area (Å²) in [6.45, 7) is 0. The second kappa shape index (κ2) is 12.2. The lowest BCUT2D eigenvalue weighted by Crippen LogP contribution is -2.30. The molecule has 10 aromatic rings. The zero-order valence-electron chi connectivity index (χ0n) is 29.4. The van der Waals surface area contributed by atoms with Crippen LogP contribution in [0.3, 0.4) is 0 Å². The Morgan fingerprint density at radius 2 is 1.00 bits per heavy atom. The van der Waals surface area contributed by atoms with Gasteiger partial charge in [-0.25, -0.2) is 9.97 Å². The Kier molecular flexibility index (Phi) is 6.92. The number of hydrogen-bond donors (Lipinski definition) is 0. The Labute approximate surface area is 311 Å². The molecule has 4 aromatic heterocycles. The van der Waals surface area contributed by atoms with Crippen molar-refractivity contribution >= 4 is 55.3 Å². The molecule has 254 valence electrons. The van der Waals surface area contributed by atoms with E-state index in [1.54, 1.807) is 0 Å². The second-order valence-corrected chi connectivity index (χ2v) is 13.9. The summed E-state index contributed by atoms with van der Waals surface area (Å²) in [4.78, 5) is 15.6. The molecule has 0 atom stereocenters. The molecule has 5 nitrogen and oxygen atoms in total. The Morgan fingerprint density at radius 3 is 1.57 bits per heavy atom. The summed E-state index contributed by atoms with van der Waals surface area (Å²) in [6, 6.07) is 56.2. The number of pyridine rings is 1. The predicted molar refractivity (Wildman–Crippen MR) is 221 cm³/mol. The first-order valence-electron chi connectivity index (χ1n) is 18.5. The molecule has 1 aliphatic carbocycles. The average molecular weight is 692 g/mol. The third-order valence-electron chi connectivity index (χ3n) is 10.9. The monoisotopic (exact) mass is 691 g/mol. The number of rotatable bonds is 5. The fourth-order valence-corrected chi connectivity index (χ4v) is 8.57. The summed E-state index contributed by atoms with van der Waals surface area (Å²) in [7, 11) is 0. The van der Waals surface area contributed by atoms with Crippen LogP contribution in [0.4, 0.5) is 0 Å². The van der Waals surface area contributed by atoms with E-state index in [0.29, 0.717) is 0 Å². The Hall–Kier alpha value is -7.11. The second-order valence-electron chi connectivity index (χ2n) is 13.9. The van der Waals surface area contributed by atoms with Gasteiger partial charge in [0.1, 0.15) is 0 Å². The van der Waals surface area contributed by atoms with E-state index < -0.39 is 0 Å². The van der Waals surface area contributed by atoms with Crippen LogP contribution in [0.5, 0.6) is 0 Å². The van der Waals surface area contributed by atoms with Crippen LogP contribution in [-0.2, 0) is 0 Å². The van der Waals surface area contributed by atoms with Crippen molar-refractivity contribution < 1.29 is 0 Å². The highest BCUT2D eigenvalue weighted by molar-refractivity contribution is 6.15. The lowest BCUT2D eigenvalue weighted by molar-refractivity contribution is 1.01. The van der Waals surface area contributed by atoms with Crippen LogP contribution in [-0.4, -0.2) is 24.1 Å². The Bertz CT molecular complexity index is 3030. The molecule has 11 rings (SSSR count). The molecule has 0 aliphatic heterocycles. The third kappa shape index (κ3) is 4.68. The minimum absolute atomic E-state index is 0.739. The maximum Gasteiger partial charge on any atom is 0.157 e. The van der Waals surface area contributed by atoms with Gasteiger partial charge in [-0.2, -0.15) is 0 Å². The normalized spacial score (nSPS) is 12.8. The van der Waals surface area contributed by atoms with E-state index in [4.69, 9.17) is 9.97 Å². The molecule has 0 saturated heterocycles. The van der Waals surface area contributed by atoms with Gasteiger partial charge in [0.05, 0.1) is 33.5 Å². The lowest BCUT2D eigenvalue weighted by atomic mass is 9.98. The maximum atomic E-state index is 5.50. The summed E-state index contributed by atoms with van der Waals surface area (Å²) in [6.07, 6.45) is 7.89. The molecular formula is C49H33N5.